The number of anilines is 1. The number of allylic oxidation sites excluding steroid dienone is 2. The number of imidazole rings is 1. The molecule has 0 bridgehead atoms. The first-order valence-electron chi connectivity index (χ1n) is 8.60. The molecule has 0 spiro atoms. The maximum absolute atomic E-state index is 11.2. The molecule has 4 N–H and O–H groups in total. The minimum Gasteiger partial charge on any atom is -0.394 e. The smallest absolute Gasteiger partial charge is 0.167 e. The molecule has 0 amide bonds. The molecule has 0 aromatic carbocycles. The van der Waals surface area contributed by atoms with Gasteiger partial charge in [0.05, 0.1) is 12.9 Å². The van der Waals surface area contributed by atoms with Gasteiger partial charge in [-0.3, -0.25) is 19.1 Å². The van der Waals surface area contributed by atoms with E-state index in [1.165, 1.54) is 34.4 Å². The Balaban J connectivity index is 1.78. The fraction of sp³-hybridized carbons (Fsp3) is 0.353. The van der Waals surface area contributed by atoms with Gasteiger partial charge in [-0.15, -0.1) is 0 Å². The highest BCUT2D eigenvalue weighted by Crippen LogP contribution is 2.33. The number of ether oxygens (including phenoxy) is 1. The quantitative estimate of drug-likeness (QED) is 0.399. The van der Waals surface area contributed by atoms with Crippen LogP contribution in [-0.4, -0.2) is 83.7 Å². The topological polar surface area (TPSA) is 171 Å². The first-order valence-corrected chi connectivity index (χ1v) is 8.60. The van der Waals surface area contributed by atoms with Crippen molar-refractivity contribution in [1.82, 2.24) is 19.5 Å². The van der Waals surface area contributed by atoms with Crippen LogP contribution in [0.2, 0.25) is 0 Å². The van der Waals surface area contributed by atoms with Gasteiger partial charge in [-0.25, -0.2) is 15.0 Å². The zero-order valence-electron chi connectivity index (χ0n) is 14.8. The van der Waals surface area contributed by atoms with E-state index in [1.54, 1.807) is 0 Å². The maximum atomic E-state index is 11.2. The monoisotopic (exact) mass is 403 g/mol. The predicted molar refractivity (Wildman–Crippen MR) is 95.1 cm³/mol. The fourth-order valence-electron chi connectivity index (χ4n) is 3.36. The Kier molecular flexibility index (Phi) is 4.94. The van der Waals surface area contributed by atoms with Gasteiger partial charge >= 0.3 is 0 Å². The molecule has 0 aliphatic carbocycles. The summed E-state index contributed by atoms with van der Waals surface area (Å²) in [5.74, 6) is 0.111. The van der Waals surface area contributed by atoms with Gasteiger partial charge in [0.25, 0.3) is 0 Å². The molecule has 12 nitrogen and oxygen atoms in total. The largest absolute Gasteiger partial charge is 0.394 e. The minimum atomic E-state index is -1.40. The number of nitrogens with zero attached hydrogens (tertiary/aromatic N) is 5. The zero-order valence-corrected chi connectivity index (χ0v) is 14.8. The lowest BCUT2D eigenvalue weighted by atomic mass is 10.1. The van der Waals surface area contributed by atoms with Gasteiger partial charge in [-0.2, -0.15) is 0 Å². The van der Waals surface area contributed by atoms with Crippen molar-refractivity contribution in [2.24, 2.45) is 0 Å². The molecule has 1 saturated heterocycles. The summed E-state index contributed by atoms with van der Waals surface area (Å²) in [7, 11) is 0. The summed E-state index contributed by atoms with van der Waals surface area (Å²) in [5, 5.41) is 40.0. The van der Waals surface area contributed by atoms with E-state index in [0.717, 1.165) is 0 Å². The summed E-state index contributed by atoms with van der Waals surface area (Å²) in [6, 6.07) is 0. The number of aromatic nitrogens is 4. The molecule has 1 unspecified atom stereocenters. The van der Waals surface area contributed by atoms with Gasteiger partial charge < -0.3 is 25.2 Å². The SMILES string of the molecule is O=CC1=CN(c2ncnc3c2ncn3[C@@H]2O[C@H](CO)[C@@H](O)[C@H]2O)C(O)C(C=O)=C1. The summed E-state index contributed by atoms with van der Waals surface area (Å²) in [5.41, 5.74) is 0.509. The molecule has 2 aliphatic rings. The van der Waals surface area contributed by atoms with E-state index in [2.05, 4.69) is 15.0 Å². The second-order valence-corrected chi connectivity index (χ2v) is 6.54. The third kappa shape index (κ3) is 3.03. The zero-order chi connectivity index (χ0) is 20.7. The van der Waals surface area contributed by atoms with E-state index in [0.29, 0.717) is 12.6 Å². The summed E-state index contributed by atoms with van der Waals surface area (Å²) >= 11 is 0. The number of carbonyl (C=O) groups excluding carboxylic acids is 2. The van der Waals surface area contributed by atoms with E-state index >= 15 is 0 Å². The third-order valence-electron chi connectivity index (χ3n) is 4.83. The normalized spacial score (nSPS) is 29.7. The standard InChI is InChI=1S/C17H17N5O7/c23-3-8-1-9(4-24)16(28)21(2-8)14-11-15(19-6-18-14)22(7-20-11)17-13(27)12(26)10(5-25)29-17/h1-4,6-7,10,12-13,16-17,25-28H,5H2/t10-,12-,13-,16?,17-/m1/s1. The molecule has 0 saturated carbocycles. The van der Waals surface area contributed by atoms with E-state index in [1.807, 2.05) is 0 Å². The lowest BCUT2D eigenvalue weighted by Gasteiger charge is -2.28. The molecule has 29 heavy (non-hydrogen) atoms. The van der Waals surface area contributed by atoms with Gasteiger partial charge in [-0.1, -0.05) is 0 Å². The molecule has 0 radical (unpaired) electrons. The summed E-state index contributed by atoms with van der Waals surface area (Å²) < 4.78 is 6.86. The summed E-state index contributed by atoms with van der Waals surface area (Å²) in [6.45, 7) is -0.484. The van der Waals surface area contributed by atoms with E-state index in [9.17, 15) is 30.0 Å². The van der Waals surface area contributed by atoms with Crippen LogP contribution in [-0.2, 0) is 14.3 Å². The van der Waals surface area contributed by atoms with Crippen LogP contribution in [0.4, 0.5) is 5.82 Å². The maximum Gasteiger partial charge on any atom is 0.167 e. The molecule has 4 rings (SSSR count). The highest BCUT2D eigenvalue weighted by Gasteiger charge is 2.44. The van der Waals surface area contributed by atoms with Crippen LogP contribution >= 0.6 is 0 Å². The molecule has 4 heterocycles. The van der Waals surface area contributed by atoms with Crippen molar-refractivity contribution >= 4 is 29.6 Å². The average molecular weight is 403 g/mol. The van der Waals surface area contributed by atoms with Crippen molar-refractivity contribution in [1.29, 1.82) is 0 Å². The lowest BCUT2D eigenvalue weighted by Crippen LogP contribution is -2.36. The van der Waals surface area contributed by atoms with Crippen LogP contribution in [0.5, 0.6) is 0 Å². The summed E-state index contributed by atoms with van der Waals surface area (Å²) in [6.07, 6.45) is -0.0481. The molecule has 1 fully saturated rings. The average Bonchev–Trinajstić information content (AvgIpc) is 3.29. The first kappa shape index (κ1) is 19.3. The van der Waals surface area contributed by atoms with Crippen molar-refractivity contribution in [3.8, 4) is 0 Å². The number of rotatable bonds is 5. The lowest BCUT2D eigenvalue weighted by molar-refractivity contribution is -0.105. The van der Waals surface area contributed by atoms with Gasteiger partial charge in [-0.05, 0) is 6.08 Å². The molecule has 2 aromatic rings. The second kappa shape index (κ2) is 7.42. The van der Waals surface area contributed by atoms with Gasteiger partial charge in [0.15, 0.2) is 42.0 Å². The number of hydrogen-bond donors (Lipinski definition) is 4. The van der Waals surface area contributed by atoms with Gasteiger partial charge in [0, 0.05) is 17.3 Å². The van der Waals surface area contributed by atoms with E-state index < -0.39 is 37.4 Å². The van der Waals surface area contributed by atoms with Crippen molar-refractivity contribution in [3.05, 3.63) is 36.1 Å². The Labute approximate surface area is 163 Å². The number of aldehydes is 2. The van der Waals surface area contributed by atoms with Gasteiger partial charge in [0.1, 0.15) is 24.6 Å². The molecule has 152 valence electrons. The van der Waals surface area contributed by atoms with Crippen LogP contribution in [0.1, 0.15) is 6.23 Å². The first-order chi connectivity index (χ1) is 14.0. The Morgan fingerprint density at radius 1 is 1.10 bits per heavy atom. The van der Waals surface area contributed by atoms with Crippen LogP contribution < -0.4 is 4.90 Å². The Hall–Kier alpha value is -3.03. The van der Waals surface area contributed by atoms with Crippen molar-refractivity contribution in [2.75, 3.05) is 11.5 Å². The third-order valence-corrected chi connectivity index (χ3v) is 4.83. The number of hydrogen-bond acceptors (Lipinski definition) is 11. The van der Waals surface area contributed by atoms with Gasteiger partial charge in [0.2, 0.25) is 0 Å². The van der Waals surface area contributed by atoms with Crippen LogP contribution in [0.15, 0.2) is 36.1 Å². The predicted octanol–water partition coefficient (Wildman–Crippen LogP) is -2.22. The second-order valence-electron chi connectivity index (χ2n) is 6.54. The number of aliphatic hydroxyl groups is 4. The molecule has 12 heteroatoms. The number of carbonyl (C=O) groups is 2. The van der Waals surface area contributed by atoms with Crippen LogP contribution in [0, 0.1) is 0 Å². The Morgan fingerprint density at radius 2 is 1.90 bits per heavy atom. The van der Waals surface area contributed by atoms with Crippen molar-refractivity contribution in [2.45, 2.75) is 30.8 Å². The highest BCUT2D eigenvalue weighted by molar-refractivity contribution is 5.90. The highest BCUT2D eigenvalue weighted by atomic mass is 16.6. The van der Waals surface area contributed by atoms with Crippen LogP contribution in [0.3, 0.4) is 0 Å². The fourth-order valence-corrected chi connectivity index (χ4v) is 3.36. The van der Waals surface area contributed by atoms with Crippen LogP contribution in [0.25, 0.3) is 11.2 Å². The Morgan fingerprint density at radius 3 is 2.55 bits per heavy atom. The molecule has 2 aliphatic heterocycles. The summed E-state index contributed by atoms with van der Waals surface area (Å²) in [4.78, 5) is 36.1. The van der Waals surface area contributed by atoms with E-state index in [4.69, 9.17) is 4.74 Å². The molecule has 5 atom stereocenters. The molecular weight excluding hydrogens is 386 g/mol. The molecule has 2 aromatic heterocycles. The molecular formula is C17H17N5O7. The van der Waals surface area contributed by atoms with Crippen molar-refractivity contribution < 1.29 is 34.8 Å². The number of fused-ring (bicyclic) bond motifs is 1. The van der Waals surface area contributed by atoms with E-state index in [-0.39, 0.29) is 28.1 Å². The minimum absolute atomic E-state index is 0.0377. The number of aliphatic hydroxyl groups excluding tert-OH is 4. The van der Waals surface area contributed by atoms with Crippen molar-refractivity contribution in [3.63, 3.8) is 0 Å². The Bertz CT molecular complexity index is 1020.